The number of hydrogen-bond acceptors (Lipinski definition) is 7. The summed E-state index contributed by atoms with van der Waals surface area (Å²) >= 11 is 6.29. The van der Waals surface area contributed by atoms with Gasteiger partial charge in [-0.1, -0.05) is 29.8 Å². The molecular weight excluding hydrogens is 594 g/mol. The molecular formula is C31H38ClN3O7S. The van der Waals surface area contributed by atoms with Crippen LogP contribution in [0.25, 0.3) is 0 Å². The monoisotopic (exact) mass is 631 g/mol. The zero-order chi connectivity index (χ0) is 30.6. The van der Waals surface area contributed by atoms with Crippen molar-refractivity contribution < 1.29 is 33.0 Å². The summed E-state index contributed by atoms with van der Waals surface area (Å²) in [4.78, 5) is 26.7. The molecule has 0 radical (unpaired) electrons. The molecule has 232 valence electrons. The molecule has 1 saturated carbocycles. The molecule has 2 bridgehead atoms. The van der Waals surface area contributed by atoms with Crippen molar-refractivity contribution in [2.45, 2.75) is 57.7 Å². The fourth-order valence-corrected chi connectivity index (χ4v) is 7.40. The SMILES string of the molecule is O=C(O)CCN1CC/C=C/C(O)[C@@H]2CC[C@H]2CN2CCCCc3cc(Cl)ccc3COc3ccc(cc32)C(=O)NS1(=O)=O. The zero-order valence-electron chi connectivity index (χ0n) is 24.0. The van der Waals surface area contributed by atoms with Crippen LogP contribution in [0.3, 0.4) is 0 Å². The number of fused-ring (bicyclic) bond motifs is 3. The Balaban J connectivity index is 1.52. The molecule has 0 spiro atoms. The van der Waals surface area contributed by atoms with Crippen molar-refractivity contribution in [3.05, 3.63) is 70.3 Å². The van der Waals surface area contributed by atoms with Gasteiger partial charge in [0, 0.05) is 36.8 Å². The third-order valence-corrected chi connectivity index (χ3v) is 10.3. The molecule has 1 amide bonds. The van der Waals surface area contributed by atoms with E-state index in [0.717, 1.165) is 47.5 Å². The Labute approximate surface area is 257 Å². The molecule has 2 aromatic rings. The van der Waals surface area contributed by atoms with E-state index >= 15 is 0 Å². The minimum absolute atomic E-state index is 0.0360. The first kappa shape index (κ1) is 31.3. The Morgan fingerprint density at radius 3 is 2.70 bits per heavy atom. The maximum atomic E-state index is 13.3. The number of halogens is 1. The van der Waals surface area contributed by atoms with Gasteiger partial charge in [-0.3, -0.25) is 9.59 Å². The minimum Gasteiger partial charge on any atom is -0.487 e. The first-order chi connectivity index (χ1) is 20.6. The number of carbonyl (C=O) groups is 2. The number of rotatable bonds is 3. The molecule has 2 aliphatic heterocycles. The molecule has 1 aliphatic carbocycles. The summed E-state index contributed by atoms with van der Waals surface area (Å²) in [6.45, 7) is 1.33. The lowest BCUT2D eigenvalue weighted by molar-refractivity contribution is -0.137. The van der Waals surface area contributed by atoms with Gasteiger partial charge in [-0.05, 0) is 91.8 Å². The van der Waals surface area contributed by atoms with Gasteiger partial charge in [0.25, 0.3) is 5.91 Å². The van der Waals surface area contributed by atoms with Crippen LogP contribution in [0.5, 0.6) is 5.75 Å². The molecule has 1 fully saturated rings. The molecule has 43 heavy (non-hydrogen) atoms. The topological polar surface area (TPSA) is 136 Å². The highest BCUT2D eigenvalue weighted by atomic mass is 35.5. The second-order valence-electron chi connectivity index (χ2n) is 11.5. The largest absolute Gasteiger partial charge is 0.487 e. The van der Waals surface area contributed by atoms with Crippen LogP contribution in [0, 0.1) is 11.8 Å². The number of carboxylic acid groups (broad SMARTS) is 1. The highest BCUT2D eigenvalue weighted by Gasteiger charge is 2.37. The van der Waals surface area contributed by atoms with E-state index in [4.69, 9.17) is 21.4 Å². The Hall–Kier alpha value is -3.12. The first-order valence-electron chi connectivity index (χ1n) is 14.8. The molecule has 3 atom stereocenters. The number of ether oxygens (including phenoxy) is 1. The number of anilines is 1. The summed E-state index contributed by atoms with van der Waals surface area (Å²) in [7, 11) is -4.35. The second kappa shape index (κ2) is 13.7. The summed E-state index contributed by atoms with van der Waals surface area (Å²) in [5.41, 5.74) is 3.00. The molecule has 12 heteroatoms. The fraction of sp³-hybridized carbons (Fsp3) is 0.484. The third kappa shape index (κ3) is 7.70. The summed E-state index contributed by atoms with van der Waals surface area (Å²) in [5, 5.41) is 20.8. The van der Waals surface area contributed by atoms with Crippen LogP contribution >= 0.6 is 11.6 Å². The van der Waals surface area contributed by atoms with Gasteiger partial charge in [0.2, 0.25) is 0 Å². The van der Waals surface area contributed by atoms with Gasteiger partial charge < -0.3 is 19.8 Å². The van der Waals surface area contributed by atoms with Gasteiger partial charge in [-0.15, -0.1) is 0 Å². The molecule has 2 aromatic carbocycles. The van der Waals surface area contributed by atoms with Gasteiger partial charge in [0.1, 0.15) is 12.4 Å². The van der Waals surface area contributed by atoms with E-state index in [0.29, 0.717) is 36.2 Å². The Bertz CT molecular complexity index is 1480. The lowest BCUT2D eigenvalue weighted by Gasteiger charge is -2.42. The fourth-order valence-electron chi connectivity index (χ4n) is 6.04. The molecule has 3 aliphatic rings. The Kier molecular flexibility index (Phi) is 9.95. The maximum Gasteiger partial charge on any atom is 0.304 e. The van der Waals surface area contributed by atoms with Crippen molar-refractivity contribution in [3.8, 4) is 5.75 Å². The predicted octanol–water partition coefficient (Wildman–Crippen LogP) is 4.16. The van der Waals surface area contributed by atoms with Crippen LogP contribution in [-0.4, -0.2) is 67.1 Å². The van der Waals surface area contributed by atoms with Gasteiger partial charge in [0.15, 0.2) is 0 Å². The number of hydrogen-bond donors (Lipinski definition) is 3. The molecule has 5 rings (SSSR count). The molecule has 10 nitrogen and oxygen atoms in total. The van der Waals surface area contributed by atoms with Crippen molar-refractivity contribution in [3.63, 3.8) is 0 Å². The van der Waals surface area contributed by atoms with Crippen molar-refractivity contribution in [1.82, 2.24) is 9.03 Å². The van der Waals surface area contributed by atoms with E-state index in [1.54, 1.807) is 24.3 Å². The first-order valence-corrected chi connectivity index (χ1v) is 16.6. The molecule has 1 unspecified atom stereocenters. The number of nitrogens with one attached hydrogen (secondary N) is 1. The molecule has 3 N–H and O–H groups in total. The Morgan fingerprint density at radius 2 is 1.93 bits per heavy atom. The van der Waals surface area contributed by atoms with Crippen molar-refractivity contribution in [1.29, 1.82) is 0 Å². The Morgan fingerprint density at radius 1 is 1.09 bits per heavy atom. The second-order valence-corrected chi connectivity index (χ2v) is 13.6. The molecule has 0 saturated heterocycles. The summed E-state index contributed by atoms with van der Waals surface area (Å²) < 4.78 is 35.9. The van der Waals surface area contributed by atoms with Crippen molar-refractivity contribution in [2.24, 2.45) is 11.8 Å². The van der Waals surface area contributed by atoms with E-state index in [2.05, 4.69) is 9.62 Å². The van der Waals surface area contributed by atoms with Crippen LogP contribution < -0.4 is 14.4 Å². The van der Waals surface area contributed by atoms with E-state index in [1.165, 1.54) is 6.07 Å². The number of benzene rings is 2. The van der Waals surface area contributed by atoms with Crippen LogP contribution in [0.1, 0.15) is 60.0 Å². The summed E-state index contributed by atoms with van der Waals surface area (Å²) in [6.07, 6.45) is 7.08. The quantitative estimate of drug-likeness (QED) is 0.430. The average molecular weight is 632 g/mol. The van der Waals surface area contributed by atoms with E-state index in [-0.39, 0.29) is 36.9 Å². The zero-order valence-corrected chi connectivity index (χ0v) is 25.5. The van der Waals surface area contributed by atoms with Crippen molar-refractivity contribution in [2.75, 3.05) is 31.1 Å². The number of amides is 1. The number of aliphatic hydroxyl groups excluding tert-OH is 1. The van der Waals surface area contributed by atoms with Crippen LogP contribution in [0.2, 0.25) is 5.02 Å². The summed E-state index contributed by atoms with van der Waals surface area (Å²) in [5.74, 6) is -1.10. The van der Waals surface area contributed by atoms with Crippen LogP contribution in [0.15, 0.2) is 48.6 Å². The lowest BCUT2D eigenvalue weighted by atomic mass is 9.70. The molecule has 2 heterocycles. The lowest BCUT2D eigenvalue weighted by Crippen LogP contribution is -2.45. The predicted molar refractivity (Wildman–Crippen MR) is 164 cm³/mol. The molecule has 0 aromatic heterocycles. The number of carbonyl (C=O) groups excluding carboxylic acids is 1. The number of nitrogens with zero attached hydrogens (tertiary/aromatic N) is 2. The van der Waals surface area contributed by atoms with E-state index in [1.807, 2.05) is 18.2 Å². The van der Waals surface area contributed by atoms with Crippen LogP contribution in [0.4, 0.5) is 5.69 Å². The number of aliphatic hydroxyl groups is 1. The number of carboxylic acids is 1. The highest BCUT2D eigenvalue weighted by Crippen LogP contribution is 2.41. The van der Waals surface area contributed by atoms with Gasteiger partial charge >= 0.3 is 16.2 Å². The van der Waals surface area contributed by atoms with Crippen LogP contribution in [-0.2, 0) is 28.0 Å². The normalized spacial score (nSPS) is 25.5. The number of aliphatic carboxylic acids is 1. The highest BCUT2D eigenvalue weighted by molar-refractivity contribution is 7.87. The van der Waals surface area contributed by atoms with E-state index in [9.17, 15) is 23.1 Å². The van der Waals surface area contributed by atoms with E-state index < -0.39 is 34.6 Å². The third-order valence-electron chi connectivity index (χ3n) is 8.62. The maximum absolute atomic E-state index is 13.3. The smallest absolute Gasteiger partial charge is 0.304 e. The van der Waals surface area contributed by atoms with Crippen molar-refractivity contribution >= 4 is 39.4 Å². The van der Waals surface area contributed by atoms with Gasteiger partial charge in [-0.25, -0.2) is 4.72 Å². The standard InChI is InChI=1S/C31H38ClN3O7S/c32-25-10-7-24-20-42-29-12-9-22-18-27(29)34(14-3-1-5-21(24)17-25)19-23-8-11-26(23)28(36)6-2-4-15-35(16-13-30(37)38)43(40,41)33-31(22)39/h2,6-7,9-10,12,17-18,23,26,28,36H,1,3-5,8,11,13-16,19-20H2,(H,33,39)(H,37,38)/b6-2+/t23-,26+,28?/m0/s1. The van der Waals surface area contributed by atoms with Gasteiger partial charge in [-0.2, -0.15) is 12.7 Å². The number of aryl methyl sites for hydroxylation is 1. The average Bonchev–Trinajstić information content (AvgIpc) is 2.97. The summed E-state index contributed by atoms with van der Waals surface area (Å²) in [6, 6.07) is 10.7. The van der Waals surface area contributed by atoms with Gasteiger partial charge in [0.05, 0.1) is 18.2 Å². The minimum atomic E-state index is -4.35.